The molecular formula is C22H27N3O6S. The smallest absolute Gasteiger partial charge is 0.341 e. The molecule has 32 heavy (non-hydrogen) atoms. The highest BCUT2D eigenvalue weighted by atomic mass is 32.1. The lowest BCUT2D eigenvalue weighted by atomic mass is 10.1. The second-order valence-electron chi connectivity index (χ2n) is 6.73. The van der Waals surface area contributed by atoms with Crippen molar-refractivity contribution in [1.82, 2.24) is 5.32 Å². The SMILES string of the molecule is CCOC(=O)c1c(NC(=O)CNc2ccccc2C(=O)NCCOC)sc(C(C)=O)c1C. The van der Waals surface area contributed by atoms with Crippen LogP contribution < -0.4 is 16.0 Å². The van der Waals surface area contributed by atoms with Gasteiger partial charge in [-0.15, -0.1) is 11.3 Å². The summed E-state index contributed by atoms with van der Waals surface area (Å²) in [4.78, 5) is 49.6. The van der Waals surface area contributed by atoms with E-state index in [1.165, 1.54) is 6.92 Å². The van der Waals surface area contributed by atoms with Crippen LogP contribution in [0.25, 0.3) is 0 Å². The van der Waals surface area contributed by atoms with Gasteiger partial charge in [-0.25, -0.2) is 4.79 Å². The molecule has 1 heterocycles. The predicted molar refractivity (Wildman–Crippen MR) is 123 cm³/mol. The molecule has 2 amide bonds. The Morgan fingerprint density at radius 3 is 2.50 bits per heavy atom. The third-order valence-electron chi connectivity index (χ3n) is 4.40. The van der Waals surface area contributed by atoms with E-state index in [2.05, 4.69) is 16.0 Å². The fourth-order valence-electron chi connectivity index (χ4n) is 2.93. The minimum Gasteiger partial charge on any atom is -0.462 e. The summed E-state index contributed by atoms with van der Waals surface area (Å²) in [7, 11) is 1.54. The number of hydrogen-bond acceptors (Lipinski definition) is 8. The van der Waals surface area contributed by atoms with Gasteiger partial charge in [-0.1, -0.05) is 12.1 Å². The van der Waals surface area contributed by atoms with E-state index in [4.69, 9.17) is 9.47 Å². The molecule has 0 atom stereocenters. The third kappa shape index (κ3) is 6.38. The Balaban J connectivity index is 2.13. The van der Waals surface area contributed by atoms with Crippen LogP contribution in [0.15, 0.2) is 24.3 Å². The molecule has 0 saturated heterocycles. The second-order valence-corrected chi connectivity index (χ2v) is 7.75. The number of carbonyl (C=O) groups excluding carboxylic acids is 4. The van der Waals surface area contributed by atoms with Crippen molar-refractivity contribution in [2.45, 2.75) is 20.8 Å². The van der Waals surface area contributed by atoms with E-state index in [9.17, 15) is 19.2 Å². The van der Waals surface area contributed by atoms with Crippen LogP contribution in [0.1, 0.15) is 49.8 Å². The number of amides is 2. The summed E-state index contributed by atoms with van der Waals surface area (Å²) in [6.07, 6.45) is 0. The van der Waals surface area contributed by atoms with Crippen molar-refractivity contribution in [3.63, 3.8) is 0 Å². The standard InChI is InChI=1S/C22H27N3O6S/c1-5-31-22(29)18-13(2)19(14(3)26)32-21(18)25-17(27)12-24-16-9-7-6-8-15(16)20(28)23-10-11-30-4/h6-9,24H,5,10-12H2,1-4H3,(H,23,28)(H,25,27). The van der Waals surface area contributed by atoms with E-state index in [1.807, 2.05) is 0 Å². The van der Waals surface area contributed by atoms with Gasteiger partial charge in [0.1, 0.15) is 5.00 Å². The first-order valence-electron chi connectivity index (χ1n) is 10.0. The molecule has 3 N–H and O–H groups in total. The normalized spacial score (nSPS) is 10.4. The number of anilines is 2. The number of ketones is 1. The number of methoxy groups -OCH3 is 1. The van der Waals surface area contributed by atoms with Crippen molar-refractivity contribution in [2.24, 2.45) is 0 Å². The van der Waals surface area contributed by atoms with Crippen LogP contribution in [-0.2, 0) is 14.3 Å². The fraction of sp³-hybridized carbons (Fsp3) is 0.364. The molecule has 9 nitrogen and oxygen atoms in total. The van der Waals surface area contributed by atoms with Crippen LogP contribution in [0.2, 0.25) is 0 Å². The molecule has 0 spiro atoms. The molecule has 2 aromatic rings. The fourth-order valence-corrected chi connectivity index (χ4v) is 4.04. The highest BCUT2D eigenvalue weighted by Gasteiger charge is 2.25. The Morgan fingerprint density at radius 2 is 1.84 bits per heavy atom. The number of nitrogens with one attached hydrogen (secondary N) is 3. The lowest BCUT2D eigenvalue weighted by Crippen LogP contribution is -2.28. The van der Waals surface area contributed by atoms with Gasteiger partial charge in [0.15, 0.2) is 5.78 Å². The minimum atomic E-state index is -0.602. The lowest BCUT2D eigenvalue weighted by Gasteiger charge is -2.12. The van der Waals surface area contributed by atoms with Gasteiger partial charge in [0, 0.05) is 19.3 Å². The zero-order chi connectivity index (χ0) is 23.7. The van der Waals surface area contributed by atoms with Crippen LogP contribution in [0.5, 0.6) is 0 Å². The molecule has 0 saturated carbocycles. The highest BCUT2D eigenvalue weighted by molar-refractivity contribution is 7.18. The van der Waals surface area contributed by atoms with E-state index in [0.717, 1.165) is 11.3 Å². The van der Waals surface area contributed by atoms with E-state index in [0.29, 0.717) is 34.8 Å². The molecule has 0 aliphatic carbocycles. The molecule has 1 aromatic heterocycles. The van der Waals surface area contributed by atoms with Gasteiger partial charge in [-0.2, -0.15) is 0 Å². The molecular weight excluding hydrogens is 434 g/mol. The van der Waals surface area contributed by atoms with Crippen molar-refractivity contribution in [2.75, 3.05) is 44.0 Å². The average molecular weight is 462 g/mol. The number of hydrogen-bond donors (Lipinski definition) is 3. The summed E-state index contributed by atoms with van der Waals surface area (Å²) in [5, 5.41) is 8.60. The van der Waals surface area contributed by atoms with Crippen LogP contribution in [-0.4, -0.2) is 57.0 Å². The molecule has 0 aliphatic heterocycles. The van der Waals surface area contributed by atoms with Gasteiger partial charge >= 0.3 is 5.97 Å². The van der Waals surface area contributed by atoms with Gasteiger partial charge < -0.3 is 25.4 Å². The number of thiophene rings is 1. The topological polar surface area (TPSA) is 123 Å². The lowest BCUT2D eigenvalue weighted by molar-refractivity contribution is -0.114. The predicted octanol–water partition coefficient (Wildman–Crippen LogP) is 2.86. The molecule has 0 bridgehead atoms. The zero-order valence-corrected chi connectivity index (χ0v) is 19.3. The van der Waals surface area contributed by atoms with Gasteiger partial charge in [0.2, 0.25) is 5.91 Å². The summed E-state index contributed by atoms with van der Waals surface area (Å²) in [6.45, 7) is 5.47. The monoisotopic (exact) mass is 461 g/mol. The Kier molecular flexibility index (Phi) is 9.36. The van der Waals surface area contributed by atoms with Gasteiger partial charge in [0.05, 0.1) is 35.8 Å². The Morgan fingerprint density at radius 1 is 1.12 bits per heavy atom. The van der Waals surface area contributed by atoms with Crippen LogP contribution >= 0.6 is 11.3 Å². The summed E-state index contributed by atoms with van der Waals surface area (Å²) < 4.78 is 10.00. The van der Waals surface area contributed by atoms with Gasteiger partial charge in [-0.05, 0) is 38.5 Å². The molecule has 0 radical (unpaired) electrons. The minimum absolute atomic E-state index is 0.156. The number of ether oxygens (including phenoxy) is 2. The summed E-state index contributed by atoms with van der Waals surface area (Å²) in [5.74, 6) is -1.54. The highest BCUT2D eigenvalue weighted by Crippen LogP contribution is 2.34. The van der Waals surface area contributed by atoms with E-state index >= 15 is 0 Å². The molecule has 0 unspecified atom stereocenters. The van der Waals surface area contributed by atoms with Crippen molar-refractivity contribution in [3.05, 3.63) is 45.8 Å². The maximum absolute atomic E-state index is 12.6. The molecule has 1 aromatic carbocycles. The summed E-state index contributed by atoms with van der Waals surface area (Å²) in [6, 6.07) is 6.79. The first kappa shape index (κ1) is 25.0. The number of esters is 1. The summed E-state index contributed by atoms with van der Waals surface area (Å²) in [5.41, 5.74) is 1.51. The second kappa shape index (κ2) is 12.0. The van der Waals surface area contributed by atoms with Crippen molar-refractivity contribution in [1.29, 1.82) is 0 Å². The van der Waals surface area contributed by atoms with Crippen molar-refractivity contribution < 1.29 is 28.7 Å². The maximum atomic E-state index is 12.6. The zero-order valence-electron chi connectivity index (χ0n) is 18.5. The first-order chi connectivity index (χ1) is 15.3. The Labute approximate surface area is 190 Å². The largest absolute Gasteiger partial charge is 0.462 e. The van der Waals surface area contributed by atoms with E-state index in [1.54, 1.807) is 45.2 Å². The third-order valence-corrected chi connectivity index (χ3v) is 5.71. The number of carbonyl (C=O) groups is 4. The number of benzene rings is 1. The molecule has 0 aliphatic rings. The average Bonchev–Trinajstić information content (AvgIpc) is 3.08. The number of para-hydroxylation sites is 1. The van der Waals surface area contributed by atoms with Gasteiger partial charge in [0.25, 0.3) is 5.91 Å². The van der Waals surface area contributed by atoms with E-state index < -0.39 is 11.9 Å². The van der Waals surface area contributed by atoms with Crippen LogP contribution in [0, 0.1) is 6.92 Å². The Bertz CT molecular complexity index is 1000. The summed E-state index contributed by atoms with van der Waals surface area (Å²) >= 11 is 1.03. The quantitative estimate of drug-likeness (QED) is 0.267. The molecule has 172 valence electrons. The number of Topliss-reactive ketones (excluding diaryl/α,β-unsaturated/α-hetero) is 1. The molecule has 2 rings (SSSR count). The van der Waals surface area contributed by atoms with Crippen molar-refractivity contribution in [3.8, 4) is 0 Å². The molecule has 0 fully saturated rings. The van der Waals surface area contributed by atoms with E-state index in [-0.39, 0.29) is 35.4 Å². The maximum Gasteiger partial charge on any atom is 0.341 e. The van der Waals surface area contributed by atoms with Crippen molar-refractivity contribution >= 4 is 45.6 Å². The number of rotatable bonds is 11. The van der Waals surface area contributed by atoms with Crippen LogP contribution in [0.3, 0.4) is 0 Å². The van der Waals surface area contributed by atoms with Crippen LogP contribution in [0.4, 0.5) is 10.7 Å². The first-order valence-corrected chi connectivity index (χ1v) is 10.8. The molecule has 10 heteroatoms. The Hall–Kier alpha value is -3.24. The van der Waals surface area contributed by atoms with Gasteiger partial charge in [-0.3, -0.25) is 14.4 Å².